The van der Waals surface area contributed by atoms with Crippen LogP contribution in [0.1, 0.15) is 45.5 Å². The molecule has 0 spiro atoms. The van der Waals surface area contributed by atoms with Crippen LogP contribution in [0.5, 0.6) is 0 Å². The van der Waals surface area contributed by atoms with Crippen molar-refractivity contribution in [2.45, 2.75) is 25.8 Å². The van der Waals surface area contributed by atoms with Crippen LogP contribution in [0, 0.1) is 10.1 Å². The molecule has 1 atom stereocenters. The number of nitro groups is 1. The van der Waals surface area contributed by atoms with Gasteiger partial charge in [-0.2, -0.15) is 0 Å². The van der Waals surface area contributed by atoms with E-state index in [0.29, 0.717) is 5.56 Å². The van der Waals surface area contributed by atoms with E-state index in [9.17, 15) is 19.7 Å². The Hall–Kier alpha value is -4.00. The number of benzene rings is 3. The predicted octanol–water partition coefficient (Wildman–Crippen LogP) is 5.15. The van der Waals surface area contributed by atoms with E-state index in [1.807, 2.05) is 36.4 Å². The summed E-state index contributed by atoms with van der Waals surface area (Å²) in [7, 11) is 0. The van der Waals surface area contributed by atoms with Gasteiger partial charge in [-0.3, -0.25) is 14.9 Å². The number of hydrogen-bond acceptors (Lipinski definition) is 4. The topological polar surface area (TPSA) is 102 Å². The fourth-order valence-electron chi connectivity index (χ4n) is 4.27. The van der Waals surface area contributed by atoms with Gasteiger partial charge in [0.05, 0.1) is 11.5 Å². The van der Waals surface area contributed by atoms with Crippen LogP contribution in [0.3, 0.4) is 0 Å². The highest BCUT2D eigenvalue weighted by atomic mass is 16.6. The number of aryl methyl sites for hydroxylation is 1. The molecule has 1 heterocycles. The van der Waals surface area contributed by atoms with Crippen molar-refractivity contribution in [3.63, 3.8) is 0 Å². The largest absolute Gasteiger partial charge is 0.478 e. The molecule has 32 heavy (non-hydrogen) atoms. The van der Waals surface area contributed by atoms with Gasteiger partial charge in [-0.1, -0.05) is 36.4 Å². The first kappa shape index (κ1) is 21.2. The number of carboxylic acid groups (broad SMARTS) is 1. The minimum atomic E-state index is -1.07. The normalized spacial score (nSPS) is 12.2. The third-order valence-electron chi connectivity index (χ3n) is 5.84. The number of hydrogen-bond donors (Lipinski definition) is 1. The third kappa shape index (κ3) is 3.97. The Morgan fingerprint density at radius 2 is 1.62 bits per heavy atom. The quantitative estimate of drug-likeness (QED) is 0.237. The lowest BCUT2D eigenvalue weighted by Crippen LogP contribution is -2.17. The Bertz CT molecular complexity index is 1340. The van der Waals surface area contributed by atoms with Gasteiger partial charge in [0.1, 0.15) is 0 Å². The number of para-hydroxylation sites is 1. The second-order valence-electron chi connectivity index (χ2n) is 7.76. The van der Waals surface area contributed by atoms with Crippen LogP contribution in [0.15, 0.2) is 66.7 Å². The molecular formula is C25H22N2O5. The molecule has 0 aliphatic carbocycles. The second kappa shape index (κ2) is 8.63. The zero-order chi connectivity index (χ0) is 22.8. The summed E-state index contributed by atoms with van der Waals surface area (Å²) >= 11 is 0. The number of carbonyl (C=O) groups is 2. The van der Waals surface area contributed by atoms with Gasteiger partial charge in [0.15, 0.2) is 5.78 Å². The van der Waals surface area contributed by atoms with Crippen LogP contribution in [0.25, 0.3) is 21.8 Å². The maximum atomic E-state index is 12.8. The molecule has 0 aliphatic rings. The number of aromatic carboxylic acids is 1. The Morgan fingerprint density at radius 3 is 2.28 bits per heavy atom. The minimum absolute atomic E-state index is 0.0364. The zero-order valence-corrected chi connectivity index (χ0v) is 17.5. The summed E-state index contributed by atoms with van der Waals surface area (Å²) < 4.78 is 2.20. The Balaban J connectivity index is 1.71. The van der Waals surface area contributed by atoms with E-state index in [1.165, 1.54) is 24.3 Å². The molecule has 4 rings (SSSR count). The summed E-state index contributed by atoms with van der Waals surface area (Å²) in [6.07, 6.45) is -0.0364. The minimum Gasteiger partial charge on any atom is -0.478 e. The van der Waals surface area contributed by atoms with Gasteiger partial charge in [0.2, 0.25) is 6.54 Å². The first-order chi connectivity index (χ1) is 15.4. The second-order valence-corrected chi connectivity index (χ2v) is 7.76. The Morgan fingerprint density at radius 1 is 0.969 bits per heavy atom. The summed E-state index contributed by atoms with van der Waals surface area (Å²) in [4.78, 5) is 34.8. The molecule has 0 saturated heterocycles. The lowest BCUT2D eigenvalue weighted by molar-refractivity contribution is -0.483. The zero-order valence-electron chi connectivity index (χ0n) is 17.5. The first-order valence-electron chi connectivity index (χ1n) is 10.4. The van der Waals surface area contributed by atoms with Crippen molar-refractivity contribution in [3.8, 4) is 0 Å². The molecule has 3 aromatic carbocycles. The number of aromatic nitrogens is 1. The number of rotatable bonds is 8. The smallest absolute Gasteiger partial charge is 0.335 e. The number of carbonyl (C=O) groups excluding carboxylic acids is 1. The van der Waals surface area contributed by atoms with Crippen molar-refractivity contribution in [2.75, 3.05) is 6.54 Å². The molecule has 7 nitrogen and oxygen atoms in total. The van der Waals surface area contributed by atoms with Crippen LogP contribution >= 0.6 is 0 Å². The molecule has 0 bridgehead atoms. The fourth-order valence-corrected chi connectivity index (χ4v) is 4.27. The molecule has 0 fully saturated rings. The van der Waals surface area contributed by atoms with Gasteiger partial charge in [-0.05, 0) is 42.8 Å². The lowest BCUT2D eigenvalue weighted by Gasteiger charge is -2.14. The van der Waals surface area contributed by atoms with Gasteiger partial charge in [-0.15, -0.1) is 0 Å². The Kier molecular flexibility index (Phi) is 5.73. The number of fused-ring (bicyclic) bond motifs is 3. The molecule has 1 aromatic heterocycles. The summed E-state index contributed by atoms with van der Waals surface area (Å²) in [6.45, 7) is 2.51. The summed E-state index contributed by atoms with van der Waals surface area (Å²) in [5.41, 5.74) is 3.31. The van der Waals surface area contributed by atoms with E-state index in [4.69, 9.17) is 5.11 Å². The van der Waals surface area contributed by atoms with Gasteiger partial charge in [0, 0.05) is 45.3 Å². The number of Topliss-reactive ketones (excluding diaryl/α,β-unsaturated/α-hetero) is 1. The number of carboxylic acids is 1. The van der Waals surface area contributed by atoms with Crippen molar-refractivity contribution in [3.05, 3.63) is 93.5 Å². The van der Waals surface area contributed by atoms with Crippen LogP contribution in [-0.4, -0.2) is 32.9 Å². The van der Waals surface area contributed by atoms with Crippen molar-refractivity contribution < 1.29 is 19.6 Å². The van der Waals surface area contributed by atoms with E-state index >= 15 is 0 Å². The highest BCUT2D eigenvalue weighted by molar-refractivity contribution is 6.08. The number of nitrogens with zero attached hydrogens (tertiary/aromatic N) is 2. The molecule has 0 amide bonds. The SMILES string of the molecule is CCn1c2ccccc2c2cc(C(CC(=O)c3ccc(C(=O)O)cc3)C[N+](=O)[O-])ccc21. The van der Waals surface area contributed by atoms with Crippen LogP contribution in [0.4, 0.5) is 0 Å². The molecule has 7 heteroatoms. The highest BCUT2D eigenvalue weighted by Gasteiger charge is 2.23. The van der Waals surface area contributed by atoms with E-state index in [1.54, 1.807) is 0 Å². The summed E-state index contributed by atoms with van der Waals surface area (Å²) in [6, 6.07) is 19.5. The van der Waals surface area contributed by atoms with Crippen LogP contribution < -0.4 is 0 Å². The van der Waals surface area contributed by atoms with Gasteiger partial charge < -0.3 is 9.67 Å². The van der Waals surface area contributed by atoms with Gasteiger partial charge in [-0.25, -0.2) is 4.79 Å². The lowest BCUT2D eigenvalue weighted by atomic mass is 9.90. The molecule has 1 unspecified atom stereocenters. The monoisotopic (exact) mass is 430 g/mol. The van der Waals surface area contributed by atoms with Crippen molar-refractivity contribution in [1.29, 1.82) is 0 Å². The fraction of sp³-hybridized carbons (Fsp3) is 0.200. The molecule has 0 radical (unpaired) electrons. The molecule has 1 N–H and O–H groups in total. The van der Waals surface area contributed by atoms with Gasteiger partial charge in [0.25, 0.3) is 0 Å². The molecule has 0 aliphatic heterocycles. The number of ketones is 1. The highest BCUT2D eigenvalue weighted by Crippen LogP contribution is 2.33. The van der Waals surface area contributed by atoms with E-state index < -0.39 is 16.8 Å². The van der Waals surface area contributed by atoms with Gasteiger partial charge >= 0.3 is 5.97 Å². The Labute approximate surface area is 184 Å². The molecule has 0 saturated carbocycles. The van der Waals surface area contributed by atoms with Crippen LogP contribution in [-0.2, 0) is 6.54 Å². The van der Waals surface area contributed by atoms with Crippen LogP contribution in [0.2, 0.25) is 0 Å². The summed E-state index contributed by atoms with van der Waals surface area (Å²) in [5.74, 6) is -1.93. The predicted molar refractivity (Wildman–Crippen MR) is 122 cm³/mol. The van der Waals surface area contributed by atoms with E-state index in [2.05, 4.69) is 17.6 Å². The first-order valence-corrected chi connectivity index (χ1v) is 10.4. The van der Waals surface area contributed by atoms with E-state index in [-0.39, 0.29) is 24.3 Å². The van der Waals surface area contributed by atoms with Crippen molar-refractivity contribution >= 4 is 33.6 Å². The summed E-state index contributed by atoms with van der Waals surface area (Å²) in [5, 5.41) is 22.5. The standard InChI is InChI=1S/C25H22N2O5/c1-2-26-22-6-4-3-5-20(22)21-13-18(11-12-23(21)26)19(15-27(31)32)14-24(28)16-7-9-17(10-8-16)25(29)30/h3-13,19H,2,14-15H2,1H3,(H,29,30). The van der Waals surface area contributed by atoms with Crippen molar-refractivity contribution in [1.82, 2.24) is 4.57 Å². The maximum Gasteiger partial charge on any atom is 0.335 e. The molecule has 162 valence electrons. The average Bonchev–Trinajstić information content (AvgIpc) is 3.11. The van der Waals surface area contributed by atoms with Crippen molar-refractivity contribution in [2.24, 2.45) is 0 Å². The third-order valence-corrected chi connectivity index (χ3v) is 5.84. The average molecular weight is 430 g/mol. The maximum absolute atomic E-state index is 12.8. The molecular weight excluding hydrogens is 408 g/mol. The van der Waals surface area contributed by atoms with E-state index in [0.717, 1.165) is 33.9 Å². The molecule has 4 aromatic rings.